The van der Waals surface area contributed by atoms with E-state index in [0.717, 1.165) is 24.8 Å². The average molecular weight is 310 g/mol. The maximum absolute atomic E-state index is 12.2. The minimum Gasteiger partial charge on any atom is -0.352 e. The van der Waals surface area contributed by atoms with Gasteiger partial charge in [-0.1, -0.05) is 12.1 Å². The van der Waals surface area contributed by atoms with Gasteiger partial charge in [0.25, 0.3) is 5.91 Å². The van der Waals surface area contributed by atoms with Crippen LogP contribution in [0.5, 0.6) is 0 Å². The molecule has 1 aromatic heterocycles. The van der Waals surface area contributed by atoms with Gasteiger partial charge in [0.2, 0.25) is 5.56 Å². The molecule has 0 spiro atoms. The van der Waals surface area contributed by atoms with Crippen LogP contribution in [0.25, 0.3) is 0 Å². The molecule has 1 heterocycles. The quantitative estimate of drug-likeness (QED) is 0.863. The molecule has 1 amide bonds. The number of hydrogen-bond donors (Lipinski definition) is 1. The van der Waals surface area contributed by atoms with Crippen molar-refractivity contribution in [1.82, 2.24) is 9.88 Å². The first kappa shape index (κ1) is 15.5. The molecule has 1 aromatic carbocycles. The zero-order valence-corrected chi connectivity index (χ0v) is 13.3. The zero-order chi connectivity index (χ0) is 16.1. The van der Waals surface area contributed by atoms with Crippen LogP contribution in [0, 0.1) is 0 Å². The summed E-state index contributed by atoms with van der Waals surface area (Å²) in [5, 5.41) is 2.94. The zero-order valence-electron chi connectivity index (χ0n) is 13.3. The maximum Gasteiger partial charge on any atom is 0.251 e. The van der Waals surface area contributed by atoms with Crippen molar-refractivity contribution >= 4 is 5.91 Å². The van der Waals surface area contributed by atoms with Crippen LogP contribution in [0.2, 0.25) is 0 Å². The molecule has 4 heteroatoms. The van der Waals surface area contributed by atoms with E-state index in [1.54, 1.807) is 22.9 Å². The highest BCUT2D eigenvalue weighted by Crippen LogP contribution is 2.22. The average Bonchev–Trinajstić information content (AvgIpc) is 2.59. The van der Waals surface area contributed by atoms with Crippen molar-refractivity contribution in [3.8, 4) is 0 Å². The Balaban J connectivity index is 1.51. The molecule has 3 rings (SSSR count). The molecule has 0 saturated heterocycles. The maximum atomic E-state index is 12.2. The summed E-state index contributed by atoms with van der Waals surface area (Å²) in [6.45, 7) is 1.18. The Morgan fingerprint density at radius 3 is 2.74 bits per heavy atom. The number of rotatable bonds is 5. The van der Waals surface area contributed by atoms with E-state index in [1.165, 1.54) is 24.0 Å². The first-order chi connectivity index (χ1) is 11.2. The Bertz CT molecular complexity index is 749. The molecule has 23 heavy (non-hydrogen) atoms. The molecule has 0 radical (unpaired) electrons. The fourth-order valence-electron chi connectivity index (χ4n) is 3.07. The summed E-state index contributed by atoms with van der Waals surface area (Å²) in [6.07, 6.45) is 7.17. The Kier molecular flexibility index (Phi) is 4.91. The lowest BCUT2D eigenvalue weighted by Crippen LogP contribution is -2.27. The van der Waals surface area contributed by atoms with Crippen LogP contribution < -0.4 is 10.9 Å². The number of aryl methyl sites for hydroxylation is 3. The Labute approximate surface area is 136 Å². The van der Waals surface area contributed by atoms with Crippen LogP contribution in [-0.2, 0) is 19.4 Å². The number of nitrogens with zero attached hydrogens (tertiary/aromatic N) is 1. The Morgan fingerprint density at radius 1 is 1.09 bits per heavy atom. The number of fused-ring (bicyclic) bond motifs is 1. The monoisotopic (exact) mass is 310 g/mol. The third-order valence-electron chi connectivity index (χ3n) is 4.37. The second-order valence-corrected chi connectivity index (χ2v) is 6.03. The van der Waals surface area contributed by atoms with E-state index in [-0.39, 0.29) is 11.5 Å². The number of aromatic nitrogens is 1. The lowest BCUT2D eigenvalue weighted by molar-refractivity contribution is 0.0952. The molecule has 1 aliphatic carbocycles. The minimum absolute atomic E-state index is 0.00601. The summed E-state index contributed by atoms with van der Waals surface area (Å²) in [7, 11) is 0. The van der Waals surface area contributed by atoms with Crippen molar-refractivity contribution in [2.24, 2.45) is 0 Å². The molecule has 0 fully saturated rings. The van der Waals surface area contributed by atoms with Crippen molar-refractivity contribution in [3.05, 3.63) is 69.6 Å². The highest BCUT2D eigenvalue weighted by atomic mass is 16.1. The molecule has 2 aromatic rings. The summed E-state index contributed by atoms with van der Waals surface area (Å²) in [5.74, 6) is -0.0289. The van der Waals surface area contributed by atoms with E-state index in [4.69, 9.17) is 0 Å². The molecular weight excluding hydrogens is 288 g/mol. The molecule has 0 aliphatic heterocycles. The molecular formula is C19H22N2O2. The third-order valence-corrected chi connectivity index (χ3v) is 4.37. The summed E-state index contributed by atoms with van der Waals surface area (Å²) in [5.41, 5.74) is 3.44. The third kappa shape index (κ3) is 3.89. The van der Waals surface area contributed by atoms with Crippen molar-refractivity contribution in [3.63, 3.8) is 0 Å². The van der Waals surface area contributed by atoms with E-state index in [1.807, 2.05) is 18.2 Å². The smallest absolute Gasteiger partial charge is 0.251 e. The number of nitrogens with one attached hydrogen (secondary N) is 1. The van der Waals surface area contributed by atoms with Crippen LogP contribution >= 0.6 is 0 Å². The predicted octanol–water partition coefficient (Wildman–Crippen LogP) is 2.55. The lowest BCUT2D eigenvalue weighted by Gasteiger charge is -2.16. The second-order valence-electron chi connectivity index (χ2n) is 6.03. The van der Waals surface area contributed by atoms with Gasteiger partial charge in [-0.05, 0) is 61.4 Å². The van der Waals surface area contributed by atoms with Crippen LogP contribution in [0.4, 0.5) is 0 Å². The van der Waals surface area contributed by atoms with E-state index in [0.29, 0.717) is 13.1 Å². The molecule has 1 aliphatic rings. The first-order valence-corrected chi connectivity index (χ1v) is 8.29. The van der Waals surface area contributed by atoms with Gasteiger partial charge in [0.1, 0.15) is 0 Å². The summed E-state index contributed by atoms with van der Waals surface area (Å²) < 4.78 is 1.66. The van der Waals surface area contributed by atoms with Gasteiger partial charge in [-0.3, -0.25) is 9.59 Å². The van der Waals surface area contributed by atoms with Gasteiger partial charge in [0.05, 0.1) is 0 Å². The van der Waals surface area contributed by atoms with E-state index in [9.17, 15) is 9.59 Å². The summed E-state index contributed by atoms with van der Waals surface area (Å²) in [4.78, 5) is 23.8. The number of carbonyl (C=O) groups excluding carboxylic acids is 1. The highest BCUT2D eigenvalue weighted by Gasteiger charge is 2.12. The Morgan fingerprint density at radius 2 is 1.91 bits per heavy atom. The number of hydrogen-bond acceptors (Lipinski definition) is 2. The molecule has 1 N–H and O–H groups in total. The van der Waals surface area contributed by atoms with Crippen molar-refractivity contribution in [2.45, 2.75) is 38.6 Å². The largest absolute Gasteiger partial charge is 0.352 e. The summed E-state index contributed by atoms with van der Waals surface area (Å²) in [6, 6.07) is 11.2. The van der Waals surface area contributed by atoms with E-state index >= 15 is 0 Å². The van der Waals surface area contributed by atoms with Gasteiger partial charge >= 0.3 is 0 Å². The minimum atomic E-state index is -0.0289. The fourth-order valence-corrected chi connectivity index (χ4v) is 3.07. The van der Waals surface area contributed by atoms with Crippen molar-refractivity contribution in [2.75, 3.05) is 6.54 Å². The molecule has 0 unspecified atom stereocenters. The van der Waals surface area contributed by atoms with Crippen LogP contribution in [-0.4, -0.2) is 17.0 Å². The number of benzene rings is 1. The van der Waals surface area contributed by atoms with E-state index in [2.05, 4.69) is 11.4 Å². The van der Waals surface area contributed by atoms with Gasteiger partial charge in [-0.25, -0.2) is 0 Å². The van der Waals surface area contributed by atoms with Gasteiger partial charge in [-0.15, -0.1) is 0 Å². The molecule has 120 valence electrons. The fraction of sp³-hybridized carbons (Fsp3) is 0.368. The molecule has 0 saturated carbocycles. The molecule has 0 atom stereocenters. The van der Waals surface area contributed by atoms with Crippen LogP contribution in [0.15, 0.2) is 47.4 Å². The van der Waals surface area contributed by atoms with Gasteiger partial charge in [0.15, 0.2) is 0 Å². The van der Waals surface area contributed by atoms with Gasteiger partial charge < -0.3 is 9.88 Å². The normalized spacial score (nSPS) is 13.4. The van der Waals surface area contributed by atoms with Crippen LogP contribution in [0.1, 0.15) is 40.7 Å². The highest BCUT2D eigenvalue weighted by molar-refractivity contribution is 5.94. The summed E-state index contributed by atoms with van der Waals surface area (Å²) >= 11 is 0. The SMILES string of the molecule is O=C(NCCCn1ccccc1=O)c1ccc2c(c1)CCCC2. The number of pyridine rings is 1. The number of carbonyl (C=O) groups is 1. The second kappa shape index (κ2) is 7.27. The van der Waals surface area contributed by atoms with E-state index < -0.39 is 0 Å². The van der Waals surface area contributed by atoms with Crippen molar-refractivity contribution < 1.29 is 4.79 Å². The van der Waals surface area contributed by atoms with Gasteiger partial charge in [0, 0.05) is 30.9 Å². The lowest BCUT2D eigenvalue weighted by atomic mass is 9.90. The predicted molar refractivity (Wildman–Crippen MR) is 90.7 cm³/mol. The molecule has 0 bridgehead atoms. The topological polar surface area (TPSA) is 51.1 Å². The Hall–Kier alpha value is -2.36. The number of amides is 1. The van der Waals surface area contributed by atoms with Crippen molar-refractivity contribution in [1.29, 1.82) is 0 Å². The van der Waals surface area contributed by atoms with Crippen LogP contribution in [0.3, 0.4) is 0 Å². The standard InChI is InChI=1S/C19H22N2O2/c22-18-8-3-4-12-21(18)13-5-11-20-19(23)17-10-9-15-6-1-2-7-16(15)14-17/h3-4,8-10,12,14H,1-2,5-7,11,13H2,(H,20,23). The van der Waals surface area contributed by atoms with Gasteiger partial charge in [-0.2, -0.15) is 0 Å². The first-order valence-electron chi connectivity index (χ1n) is 8.29. The molecule has 4 nitrogen and oxygen atoms in total.